The van der Waals surface area contributed by atoms with Crippen LogP contribution in [0.3, 0.4) is 0 Å². The number of benzene rings is 3. The van der Waals surface area contributed by atoms with Crippen molar-refractivity contribution in [3.05, 3.63) is 108 Å². The van der Waals surface area contributed by atoms with Crippen LogP contribution < -0.4 is 5.32 Å². The summed E-state index contributed by atoms with van der Waals surface area (Å²) in [4.78, 5) is 17.0. The van der Waals surface area contributed by atoms with E-state index in [0.29, 0.717) is 16.6 Å². The maximum atomic E-state index is 13.2. The first-order chi connectivity index (χ1) is 13.6. The zero-order valence-electron chi connectivity index (χ0n) is 14.8. The van der Waals surface area contributed by atoms with Crippen molar-refractivity contribution in [2.75, 3.05) is 0 Å². The van der Waals surface area contributed by atoms with Crippen molar-refractivity contribution in [1.82, 2.24) is 10.3 Å². The van der Waals surface area contributed by atoms with Crippen molar-refractivity contribution in [2.45, 2.75) is 6.04 Å². The van der Waals surface area contributed by atoms with Gasteiger partial charge in [0.05, 0.1) is 6.04 Å². The lowest BCUT2D eigenvalue weighted by atomic mass is 9.96. The molecule has 4 rings (SSSR count). The fraction of sp³-hybridized carbons (Fsp3) is 0.0435. The summed E-state index contributed by atoms with van der Waals surface area (Å²) in [5, 5.41) is 14.6. The van der Waals surface area contributed by atoms with E-state index in [0.717, 1.165) is 10.9 Å². The number of nitrogens with zero attached hydrogens (tertiary/aromatic N) is 1. The third-order valence-corrected chi connectivity index (χ3v) is 4.60. The standard InChI is InChI=1S/C23H17FN2O2/c24-18-11-8-17(9-12-18)23(28)26-20(15-5-2-1-3-6-15)19-13-10-16-7-4-14-25-21(16)22(19)27/h1-14,20,27H,(H,26,28). The van der Waals surface area contributed by atoms with Gasteiger partial charge in [-0.25, -0.2) is 4.39 Å². The third-order valence-electron chi connectivity index (χ3n) is 4.60. The van der Waals surface area contributed by atoms with Gasteiger partial charge in [0.2, 0.25) is 0 Å². The number of pyridine rings is 1. The van der Waals surface area contributed by atoms with Gasteiger partial charge in [0, 0.05) is 22.7 Å². The van der Waals surface area contributed by atoms with Gasteiger partial charge in [-0.15, -0.1) is 0 Å². The number of nitrogens with one attached hydrogen (secondary N) is 1. The van der Waals surface area contributed by atoms with Crippen LogP contribution in [0.25, 0.3) is 10.9 Å². The molecule has 0 aliphatic heterocycles. The average molecular weight is 372 g/mol. The first kappa shape index (κ1) is 17.7. The molecule has 0 bridgehead atoms. The maximum absolute atomic E-state index is 13.2. The molecule has 0 saturated carbocycles. The molecule has 138 valence electrons. The molecular weight excluding hydrogens is 355 g/mol. The molecule has 1 unspecified atom stereocenters. The Hall–Kier alpha value is -3.73. The normalized spacial score (nSPS) is 11.9. The number of carbonyl (C=O) groups is 1. The first-order valence-electron chi connectivity index (χ1n) is 8.81. The summed E-state index contributed by atoms with van der Waals surface area (Å²) in [6, 6.07) is 21.4. The Morgan fingerprint density at radius 2 is 1.68 bits per heavy atom. The Kier molecular flexibility index (Phi) is 4.72. The lowest BCUT2D eigenvalue weighted by Crippen LogP contribution is -2.29. The van der Waals surface area contributed by atoms with E-state index in [1.807, 2.05) is 42.5 Å². The van der Waals surface area contributed by atoms with Crippen LogP contribution in [0.4, 0.5) is 4.39 Å². The molecule has 0 radical (unpaired) electrons. The summed E-state index contributed by atoms with van der Waals surface area (Å²) < 4.78 is 13.2. The molecule has 0 fully saturated rings. The highest BCUT2D eigenvalue weighted by molar-refractivity contribution is 5.95. The molecule has 0 aliphatic carbocycles. The Morgan fingerprint density at radius 3 is 2.43 bits per heavy atom. The summed E-state index contributed by atoms with van der Waals surface area (Å²) in [6.45, 7) is 0. The molecule has 0 spiro atoms. The molecule has 0 aliphatic rings. The van der Waals surface area contributed by atoms with E-state index >= 15 is 0 Å². The summed E-state index contributed by atoms with van der Waals surface area (Å²) >= 11 is 0. The van der Waals surface area contributed by atoms with Crippen LogP contribution in [-0.4, -0.2) is 16.0 Å². The monoisotopic (exact) mass is 372 g/mol. The van der Waals surface area contributed by atoms with Crippen LogP contribution in [0.5, 0.6) is 5.75 Å². The summed E-state index contributed by atoms with van der Waals surface area (Å²) in [6.07, 6.45) is 1.61. The molecule has 2 N–H and O–H groups in total. The molecule has 4 aromatic rings. The number of phenolic OH excluding ortho intramolecular Hbond substituents is 1. The number of amides is 1. The highest BCUT2D eigenvalue weighted by atomic mass is 19.1. The largest absolute Gasteiger partial charge is 0.505 e. The van der Waals surface area contributed by atoms with Gasteiger partial charge in [0.25, 0.3) is 5.91 Å². The topological polar surface area (TPSA) is 62.2 Å². The summed E-state index contributed by atoms with van der Waals surface area (Å²) in [5.74, 6) is -0.755. The molecule has 3 aromatic carbocycles. The number of halogens is 1. The summed E-state index contributed by atoms with van der Waals surface area (Å²) in [5.41, 5.74) is 2.15. The van der Waals surface area contributed by atoms with Crippen molar-refractivity contribution in [3.63, 3.8) is 0 Å². The fourth-order valence-electron chi connectivity index (χ4n) is 3.18. The van der Waals surface area contributed by atoms with Crippen LogP contribution in [0.2, 0.25) is 0 Å². The van der Waals surface area contributed by atoms with Gasteiger partial charge in [0.15, 0.2) is 0 Å². The Labute approximate surface area is 161 Å². The number of phenols is 1. The Balaban J connectivity index is 1.77. The van der Waals surface area contributed by atoms with E-state index in [1.165, 1.54) is 24.3 Å². The molecule has 4 nitrogen and oxygen atoms in total. The second-order valence-corrected chi connectivity index (χ2v) is 6.40. The average Bonchev–Trinajstić information content (AvgIpc) is 2.74. The Bertz CT molecular complexity index is 1130. The molecule has 28 heavy (non-hydrogen) atoms. The zero-order chi connectivity index (χ0) is 19.5. The minimum atomic E-state index is -0.592. The fourth-order valence-corrected chi connectivity index (χ4v) is 3.18. The van der Waals surface area contributed by atoms with Crippen molar-refractivity contribution >= 4 is 16.8 Å². The summed E-state index contributed by atoms with van der Waals surface area (Å²) in [7, 11) is 0. The van der Waals surface area contributed by atoms with E-state index in [9.17, 15) is 14.3 Å². The minimum absolute atomic E-state index is 0.0198. The van der Waals surface area contributed by atoms with E-state index in [-0.39, 0.29) is 11.7 Å². The molecule has 1 amide bonds. The highest BCUT2D eigenvalue weighted by Crippen LogP contribution is 2.34. The van der Waals surface area contributed by atoms with Crippen LogP contribution >= 0.6 is 0 Å². The van der Waals surface area contributed by atoms with Crippen LogP contribution in [0, 0.1) is 5.82 Å². The predicted molar refractivity (Wildman–Crippen MR) is 106 cm³/mol. The predicted octanol–water partition coefficient (Wildman–Crippen LogP) is 4.60. The number of carbonyl (C=O) groups excluding carboxylic acids is 1. The number of aromatic nitrogens is 1. The van der Waals surface area contributed by atoms with E-state index in [1.54, 1.807) is 18.3 Å². The van der Waals surface area contributed by atoms with Crippen molar-refractivity contribution in [1.29, 1.82) is 0 Å². The number of hydrogen-bond acceptors (Lipinski definition) is 3. The van der Waals surface area contributed by atoms with Crippen LogP contribution in [0.15, 0.2) is 85.1 Å². The second-order valence-electron chi connectivity index (χ2n) is 6.40. The van der Waals surface area contributed by atoms with Crippen LogP contribution in [0.1, 0.15) is 27.5 Å². The van der Waals surface area contributed by atoms with E-state index in [4.69, 9.17) is 0 Å². The van der Waals surface area contributed by atoms with Gasteiger partial charge in [-0.2, -0.15) is 0 Å². The second kappa shape index (κ2) is 7.48. The molecule has 1 aromatic heterocycles. The van der Waals surface area contributed by atoms with Crippen LogP contribution in [-0.2, 0) is 0 Å². The van der Waals surface area contributed by atoms with Gasteiger partial charge >= 0.3 is 0 Å². The lowest BCUT2D eigenvalue weighted by molar-refractivity contribution is 0.0942. The van der Waals surface area contributed by atoms with Crippen molar-refractivity contribution in [2.24, 2.45) is 0 Å². The molecule has 0 saturated heterocycles. The van der Waals surface area contributed by atoms with E-state index < -0.39 is 11.9 Å². The van der Waals surface area contributed by atoms with Gasteiger partial charge in [-0.3, -0.25) is 9.78 Å². The highest BCUT2D eigenvalue weighted by Gasteiger charge is 2.22. The van der Waals surface area contributed by atoms with Gasteiger partial charge in [-0.05, 0) is 35.9 Å². The lowest BCUT2D eigenvalue weighted by Gasteiger charge is -2.21. The SMILES string of the molecule is O=C(NC(c1ccccc1)c1ccc2cccnc2c1O)c1ccc(F)cc1. The third kappa shape index (κ3) is 3.42. The van der Waals surface area contributed by atoms with Gasteiger partial charge in [-0.1, -0.05) is 48.5 Å². The van der Waals surface area contributed by atoms with E-state index in [2.05, 4.69) is 10.3 Å². The van der Waals surface area contributed by atoms with Crippen molar-refractivity contribution < 1.29 is 14.3 Å². The van der Waals surface area contributed by atoms with Crippen molar-refractivity contribution in [3.8, 4) is 5.75 Å². The molecular formula is C23H17FN2O2. The molecule has 1 heterocycles. The first-order valence-corrected chi connectivity index (χ1v) is 8.81. The van der Waals surface area contributed by atoms with Gasteiger partial charge in [0.1, 0.15) is 17.1 Å². The Morgan fingerprint density at radius 1 is 0.929 bits per heavy atom. The number of rotatable bonds is 4. The molecule has 5 heteroatoms. The zero-order valence-corrected chi connectivity index (χ0v) is 14.8. The quantitative estimate of drug-likeness (QED) is 0.550. The maximum Gasteiger partial charge on any atom is 0.252 e. The minimum Gasteiger partial charge on any atom is -0.505 e. The number of hydrogen-bond donors (Lipinski definition) is 2. The van der Waals surface area contributed by atoms with Gasteiger partial charge < -0.3 is 10.4 Å². The number of aromatic hydroxyl groups is 1. The smallest absolute Gasteiger partial charge is 0.252 e. The number of fused-ring (bicyclic) bond motifs is 1. The molecule has 1 atom stereocenters.